The van der Waals surface area contributed by atoms with Crippen molar-refractivity contribution < 1.29 is 4.42 Å². The first-order valence-corrected chi connectivity index (χ1v) is 28.3. The van der Waals surface area contributed by atoms with Gasteiger partial charge in [0.1, 0.15) is 17.0 Å². The van der Waals surface area contributed by atoms with Crippen LogP contribution in [0.5, 0.6) is 0 Å². The van der Waals surface area contributed by atoms with Crippen molar-refractivity contribution in [3.63, 3.8) is 0 Å². The molecule has 2 aliphatic carbocycles. The van der Waals surface area contributed by atoms with Gasteiger partial charge < -0.3 is 8.98 Å². The third-order valence-electron chi connectivity index (χ3n) is 17.1. The van der Waals surface area contributed by atoms with Crippen molar-refractivity contribution in [2.75, 3.05) is 0 Å². The molecule has 0 N–H and O–H groups in total. The minimum Gasteiger partial charge on any atom is -0.456 e. The van der Waals surface area contributed by atoms with Crippen LogP contribution in [0.25, 0.3) is 94.5 Å². The van der Waals surface area contributed by atoms with Crippen LogP contribution in [-0.2, 0) is 38.5 Å². The molecule has 1 unspecified atom stereocenters. The topological polar surface area (TPSA) is 69.6 Å². The third-order valence-corrected chi connectivity index (χ3v) is 17.1. The summed E-state index contributed by atoms with van der Waals surface area (Å²) in [6, 6.07) is 85.1. The fraction of sp³-hybridized carbons (Fsp3) is 0.0933. The molecule has 0 radical (unpaired) electrons. The molecule has 0 saturated carbocycles. The van der Waals surface area contributed by atoms with E-state index >= 15 is 0 Å². The number of benzene rings is 10. The van der Waals surface area contributed by atoms with Gasteiger partial charge in [0.25, 0.3) is 0 Å². The van der Waals surface area contributed by atoms with Crippen molar-refractivity contribution in [3.05, 3.63) is 304 Å². The summed E-state index contributed by atoms with van der Waals surface area (Å²) >= 11 is 0. The predicted molar refractivity (Wildman–Crippen MR) is 328 cm³/mol. The highest BCUT2D eigenvalue weighted by atomic mass is 16.3. The summed E-state index contributed by atoms with van der Waals surface area (Å²) in [6.45, 7) is 0. The number of para-hydroxylation sites is 2. The molecule has 0 amide bonds. The van der Waals surface area contributed by atoms with E-state index in [0.29, 0.717) is 30.3 Å². The van der Waals surface area contributed by atoms with Gasteiger partial charge in [0, 0.05) is 62.6 Å². The van der Waals surface area contributed by atoms with E-state index in [-0.39, 0.29) is 5.92 Å². The van der Waals surface area contributed by atoms with Gasteiger partial charge in [-0.25, -0.2) is 15.0 Å². The average molecular weight is 1040 g/mol. The van der Waals surface area contributed by atoms with Crippen LogP contribution in [0.15, 0.2) is 247 Å². The van der Waals surface area contributed by atoms with Crippen LogP contribution in [0, 0.1) is 0 Å². The Morgan fingerprint density at radius 1 is 0.444 bits per heavy atom. The largest absolute Gasteiger partial charge is 0.456 e. The van der Waals surface area contributed by atoms with Crippen molar-refractivity contribution in [2.45, 2.75) is 44.4 Å². The van der Waals surface area contributed by atoms with E-state index in [1.54, 1.807) is 0 Å². The van der Waals surface area contributed by atoms with Crippen LogP contribution in [0.2, 0.25) is 0 Å². The van der Waals surface area contributed by atoms with Gasteiger partial charge in [-0.05, 0) is 141 Å². The van der Waals surface area contributed by atoms with Crippen LogP contribution >= 0.6 is 0 Å². The minimum absolute atomic E-state index is 0.204. The first-order chi connectivity index (χ1) is 40.2. The maximum Gasteiger partial charge on any atom is 0.163 e. The number of nitrogens with zero attached hydrogens (tertiary/aromatic N) is 5. The summed E-state index contributed by atoms with van der Waals surface area (Å²) in [6.07, 6.45) is 6.75. The molecule has 14 aromatic rings. The Morgan fingerprint density at radius 3 is 1.91 bits per heavy atom. The number of hydrogen-bond donors (Lipinski definition) is 0. The normalized spacial score (nSPS) is 13.3. The molecule has 0 fully saturated rings. The Hall–Kier alpha value is -10.0. The van der Waals surface area contributed by atoms with E-state index in [1.807, 2.05) is 36.4 Å². The second-order valence-corrected chi connectivity index (χ2v) is 21.8. The first-order valence-electron chi connectivity index (χ1n) is 28.3. The van der Waals surface area contributed by atoms with Gasteiger partial charge in [0.05, 0.1) is 11.0 Å². The Bertz CT molecular complexity index is 4700. The standard InChI is InChI=1S/C75H53N5O/c1-5-19-48(20-6-1)68-57-30-13-14-31-58(57)71-60(68)39-37-54-44-53-27-17-25-49(67(53)70(54)71)36-35-47-43-55(45-66-77-74(51-21-7-2-8-22-51)79-75(78-66)52-23-9-3-10-24-52)61(76-46-47)40-38-50-26-18-34-64-69(50)73-65(81-64)42-41-63-72(73)59-32-15-16-33-62(59)80(63)56-28-11-4-12-29-56/h1-34,37,39,41-43,46,68H,35-36,38,40,44-45H2. The highest BCUT2D eigenvalue weighted by molar-refractivity contribution is 6.28. The molecule has 0 saturated heterocycles. The zero-order valence-electron chi connectivity index (χ0n) is 44.6. The van der Waals surface area contributed by atoms with Crippen LogP contribution in [-0.4, -0.2) is 24.5 Å². The zero-order valence-corrected chi connectivity index (χ0v) is 44.6. The van der Waals surface area contributed by atoms with E-state index in [4.69, 9.17) is 24.4 Å². The SMILES string of the molecule is c1ccc(-c2nc(Cc3cc(CCc4cccc5c4-c4c(ccc6c4-c4ccccc4C6c4ccccc4)C5)cnc3CCc3cccc4oc5ccc6c(c7ccccc7n6-c6ccccc6)c5c34)nc(-c3ccccc3)n2)cc1. The van der Waals surface area contributed by atoms with Crippen molar-refractivity contribution in [2.24, 2.45) is 0 Å². The molecule has 6 nitrogen and oxygen atoms in total. The summed E-state index contributed by atoms with van der Waals surface area (Å²) in [7, 11) is 0. The molecule has 10 aromatic carbocycles. The molecule has 4 aromatic heterocycles. The monoisotopic (exact) mass is 1040 g/mol. The maximum atomic E-state index is 6.75. The molecular formula is C75H53N5O. The third kappa shape index (κ3) is 8.00. The molecule has 2 aliphatic rings. The number of pyridine rings is 1. The lowest BCUT2D eigenvalue weighted by Gasteiger charge is -2.17. The summed E-state index contributed by atoms with van der Waals surface area (Å²) in [5.74, 6) is 2.23. The van der Waals surface area contributed by atoms with Gasteiger partial charge in [-0.3, -0.25) is 4.98 Å². The number of fused-ring (bicyclic) bond motifs is 14. The molecule has 16 rings (SSSR count). The Labute approximate surface area is 469 Å². The Kier molecular flexibility index (Phi) is 11.3. The molecule has 384 valence electrons. The molecule has 4 heterocycles. The summed E-state index contributed by atoms with van der Waals surface area (Å²) in [4.78, 5) is 20.9. The average Bonchev–Trinajstić information content (AvgIpc) is 4.48. The lowest BCUT2D eigenvalue weighted by molar-refractivity contribution is 0.669. The van der Waals surface area contributed by atoms with E-state index in [9.17, 15) is 0 Å². The number of aromatic nitrogens is 5. The lowest BCUT2D eigenvalue weighted by Crippen LogP contribution is -2.08. The number of aryl methyl sites for hydroxylation is 4. The van der Waals surface area contributed by atoms with Crippen molar-refractivity contribution >= 4 is 43.7 Å². The number of rotatable bonds is 12. The molecule has 6 heteroatoms. The van der Waals surface area contributed by atoms with Crippen LogP contribution in [0.1, 0.15) is 67.5 Å². The van der Waals surface area contributed by atoms with Gasteiger partial charge >= 0.3 is 0 Å². The van der Waals surface area contributed by atoms with Crippen molar-refractivity contribution in [1.29, 1.82) is 0 Å². The van der Waals surface area contributed by atoms with E-state index < -0.39 is 0 Å². The maximum absolute atomic E-state index is 6.75. The van der Waals surface area contributed by atoms with Crippen LogP contribution < -0.4 is 0 Å². The molecular weight excluding hydrogens is 987 g/mol. The zero-order chi connectivity index (χ0) is 53.4. The van der Waals surface area contributed by atoms with E-state index in [1.165, 1.54) is 83.1 Å². The van der Waals surface area contributed by atoms with Crippen LogP contribution in [0.3, 0.4) is 0 Å². The quantitative estimate of drug-likeness (QED) is 0.122. The molecule has 0 spiro atoms. The second-order valence-electron chi connectivity index (χ2n) is 21.8. The van der Waals surface area contributed by atoms with Gasteiger partial charge in [-0.2, -0.15) is 0 Å². The van der Waals surface area contributed by atoms with E-state index in [0.717, 1.165) is 81.2 Å². The number of hydrogen-bond acceptors (Lipinski definition) is 5. The van der Waals surface area contributed by atoms with Crippen molar-refractivity contribution in [1.82, 2.24) is 24.5 Å². The molecule has 0 bridgehead atoms. The Balaban J connectivity index is 0.791. The molecule has 0 aliphatic heterocycles. The number of furan rings is 1. The molecule has 81 heavy (non-hydrogen) atoms. The van der Waals surface area contributed by atoms with Gasteiger partial charge in [-0.15, -0.1) is 0 Å². The summed E-state index contributed by atoms with van der Waals surface area (Å²) in [5.41, 5.74) is 25.6. The predicted octanol–water partition coefficient (Wildman–Crippen LogP) is 17.5. The minimum atomic E-state index is 0.204. The van der Waals surface area contributed by atoms with Crippen LogP contribution in [0.4, 0.5) is 0 Å². The van der Waals surface area contributed by atoms with Gasteiger partial charge in [-0.1, -0.05) is 200 Å². The first kappa shape index (κ1) is 47.0. The highest BCUT2D eigenvalue weighted by Gasteiger charge is 2.36. The smallest absolute Gasteiger partial charge is 0.163 e. The highest BCUT2D eigenvalue weighted by Crippen LogP contribution is 2.55. The second kappa shape index (κ2) is 19.4. The summed E-state index contributed by atoms with van der Waals surface area (Å²) in [5, 5.41) is 4.72. The van der Waals surface area contributed by atoms with Gasteiger partial charge in [0.15, 0.2) is 11.6 Å². The van der Waals surface area contributed by atoms with Crippen molar-refractivity contribution in [3.8, 4) is 50.7 Å². The van der Waals surface area contributed by atoms with Gasteiger partial charge in [0.2, 0.25) is 0 Å². The fourth-order valence-electron chi connectivity index (χ4n) is 13.5. The van der Waals surface area contributed by atoms with E-state index in [2.05, 4.69) is 211 Å². The summed E-state index contributed by atoms with van der Waals surface area (Å²) < 4.78 is 9.14. The Morgan fingerprint density at radius 2 is 1.11 bits per heavy atom. The lowest BCUT2D eigenvalue weighted by atomic mass is 9.87. The molecule has 1 atom stereocenters. The fourth-order valence-corrected chi connectivity index (χ4v) is 13.5.